The summed E-state index contributed by atoms with van der Waals surface area (Å²) in [7, 11) is 13.6. The fourth-order valence-corrected chi connectivity index (χ4v) is 7.16. The van der Waals surface area contributed by atoms with Gasteiger partial charge in [-0.3, -0.25) is 52.7 Å². The van der Waals surface area contributed by atoms with E-state index < -0.39 is 111 Å². The van der Waals surface area contributed by atoms with Crippen molar-refractivity contribution in [3.05, 3.63) is 48.5 Å². The first kappa shape index (κ1) is 62.5. The third kappa shape index (κ3) is 19.2. The van der Waals surface area contributed by atoms with Gasteiger partial charge in [0.2, 0.25) is 53.2 Å². The molecular weight excluding hydrogens is 1030 g/mol. The summed E-state index contributed by atoms with van der Waals surface area (Å²) >= 11 is 2.77. The van der Waals surface area contributed by atoms with Crippen LogP contribution in [0.1, 0.15) is 16.8 Å². The SMILES string of the molecule is CSc1ncc(-c2cc(C(=O)N(C)CC(=O)N(C)CC(=O)N(C)CC(=O)N(C)CC(=O)N(C)CC(=O)N(C)CC(=O)N(C)CC(=O)N(C)CC(=O)N(C)CC(=O)N(C)CCC(=O)O)cc(-c3cnc(SC)nc3)c2)cn1. The Hall–Kier alpha value is -7.75. The number of carboxylic acid groups (broad SMARTS) is 1. The maximum Gasteiger partial charge on any atom is 0.305 e. The molecule has 26 nitrogen and oxygen atoms in total. The molecule has 0 saturated carbocycles. The number of likely N-dealkylation sites (N-methyl/N-ethyl adjacent to an activating group) is 10. The van der Waals surface area contributed by atoms with Crippen molar-refractivity contribution >= 4 is 88.6 Å². The number of rotatable bonds is 26. The van der Waals surface area contributed by atoms with E-state index in [9.17, 15) is 52.7 Å². The second kappa shape index (κ2) is 29.4. The Morgan fingerprint density at radius 3 is 0.842 bits per heavy atom. The zero-order valence-corrected chi connectivity index (χ0v) is 46.5. The number of carboxylic acids is 1. The number of aliphatic carboxylic acids is 1. The van der Waals surface area contributed by atoms with E-state index in [1.807, 2.05) is 18.6 Å². The maximum atomic E-state index is 13.9. The van der Waals surface area contributed by atoms with Crippen molar-refractivity contribution in [2.75, 3.05) is 148 Å². The molecule has 0 aliphatic rings. The van der Waals surface area contributed by atoms with Gasteiger partial charge in [-0.15, -0.1) is 0 Å². The van der Waals surface area contributed by atoms with Gasteiger partial charge in [0.05, 0.1) is 65.3 Å². The van der Waals surface area contributed by atoms with E-state index in [0.29, 0.717) is 32.6 Å². The molecule has 0 aliphatic heterocycles. The van der Waals surface area contributed by atoms with E-state index in [0.717, 1.165) is 39.2 Å². The van der Waals surface area contributed by atoms with Crippen LogP contribution in [0, 0.1) is 0 Å². The van der Waals surface area contributed by atoms with Crippen LogP contribution in [0.4, 0.5) is 0 Å². The molecule has 0 fully saturated rings. The van der Waals surface area contributed by atoms with Crippen LogP contribution in [0.25, 0.3) is 22.3 Å². The standard InChI is InChI=1S/C48H66N14O12S2/c1-53(14-13-45(72)73)36(63)22-54(2)37(64)23-55(3)38(65)24-56(4)39(66)25-57(5)40(67)26-58(6)41(68)27-59(7)42(69)28-60(8)43(70)29-61(9)44(71)30-62(10)46(74)33-16-31(34-18-49-47(75-11)50-19-34)15-32(17-33)35-20-51-48(76-12)52-21-35/h15-21H,13-14,22-30H2,1-12H3,(H,72,73). The lowest BCUT2D eigenvalue weighted by atomic mass is 9.98. The second-order valence-electron chi connectivity index (χ2n) is 17.8. The van der Waals surface area contributed by atoms with Gasteiger partial charge in [-0.2, -0.15) is 0 Å². The molecule has 1 aromatic carbocycles. The summed E-state index contributed by atoms with van der Waals surface area (Å²) in [6.07, 6.45) is 10.1. The Morgan fingerprint density at radius 2 is 0.605 bits per heavy atom. The van der Waals surface area contributed by atoms with Gasteiger partial charge < -0.3 is 54.1 Å². The molecule has 412 valence electrons. The average molecular weight is 1100 g/mol. The summed E-state index contributed by atoms with van der Waals surface area (Å²) in [6, 6.07) is 5.20. The fourth-order valence-electron chi connectivity index (χ4n) is 6.52. The number of thioether (sulfide) groups is 2. The number of aromatic nitrogens is 4. The Labute approximate surface area is 449 Å². The molecule has 0 aliphatic carbocycles. The highest BCUT2D eigenvalue weighted by molar-refractivity contribution is 7.98. The molecule has 3 aromatic rings. The largest absolute Gasteiger partial charge is 0.481 e. The van der Waals surface area contributed by atoms with Gasteiger partial charge in [0, 0.05) is 118 Å². The van der Waals surface area contributed by atoms with Crippen molar-refractivity contribution in [2.45, 2.75) is 16.7 Å². The molecule has 10 amide bonds. The number of amides is 10. The Kier molecular flexibility index (Phi) is 24.2. The van der Waals surface area contributed by atoms with Crippen molar-refractivity contribution < 1.29 is 57.8 Å². The van der Waals surface area contributed by atoms with Crippen LogP contribution in [-0.4, -0.2) is 288 Å². The van der Waals surface area contributed by atoms with Crippen LogP contribution in [-0.2, 0) is 47.9 Å². The summed E-state index contributed by atoms with van der Waals surface area (Å²) in [4.78, 5) is 170. The van der Waals surface area contributed by atoms with Gasteiger partial charge in [-0.25, -0.2) is 19.9 Å². The van der Waals surface area contributed by atoms with Crippen LogP contribution in [0.15, 0.2) is 53.3 Å². The minimum absolute atomic E-state index is 0.0460. The summed E-state index contributed by atoms with van der Waals surface area (Å²) in [6.45, 7) is -3.94. The smallest absolute Gasteiger partial charge is 0.305 e. The van der Waals surface area contributed by atoms with Gasteiger partial charge >= 0.3 is 5.97 Å². The van der Waals surface area contributed by atoms with Crippen molar-refractivity contribution in [1.82, 2.24) is 68.9 Å². The Bertz CT molecular complexity index is 2560. The third-order valence-corrected chi connectivity index (χ3v) is 12.8. The number of hydrogen-bond acceptors (Lipinski definition) is 17. The van der Waals surface area contributed by atoms with Gasteiger partial charge in [-0.05, 0) is 41.8 Å². The normalized spacial score (nSPS) is 10.6. The summed E-state index contributed by atoms with van der Waals surface area (Å²) in [5.41, 5.74) is 2.86. The van der Waals surface area contributed by atoms with Crippen LogP contribution >= 0.6 is 23.5 Å². The highest BCUT2D eigenvalue weighted by Crippen LogP contribution is 2.29. The monoisotopic (exact) mass is 1090 g/mol. The van der Waals surface area contributed by atoms with Gasteiger partial charge in [0.15, 0.2) is 10.3 Å². The molecular formula is C48H66N14O12S2. The predicted octanol–water partition coefficient (Wildman–Crippen LogP) is -1.28. The Morgan fingerprint density at radius 1 is 0.368 bits per heavy atom. The van der Waals surface area contributed by atoms with Crippen molar-refractivity contribution in [3.8, 4) is 22.3 Å². The molecule has 0 spiro atoms. The molecule has 0 unspecified atom stereocenters. The first-order valence-electron chi connectivity index (χ1n) is 23.2. The number of nitrogens with zero attached hydrogens (tertiary/aromatic N) is 14. The quantitative estimate of drug-likeness (QED) is 0.0723. The number of benzene rings is 1. The van der Waals surface area contributed by atoms with Crippen LogP contribution in [0.5, 0.6) is 0 Å². The first-order valence-corrected chi connectivity index (χ1v) is 25.6. The summed E-state index contributed by atoms with van der Waals surface area (Å²) in [5.74, 6) is -6.95. The summed E-state index contributed by atoms with van der Waals surface area (Å²) < 4.78 is 0. The second-order valence-corrected chi connectivity index (χ2v) is 19.4. The number of carbonyl (C=O) groups excluding carboxylic acids is 10. The van der Waals surface area contributed by atoms with Gasteiger partial charge in [0.25, 0.3) is 5.91 Å². The van der Waals surface area contributed by atoms with E-state index in [2.05, 4.69) is 19.9 Å². The molecule has 0 radical (unpaired) electrons. The molecule has 28 heteroatoms. The van der Waals surface area contributed by atoms with E-state index >= 15 is 0 Å². The lowest BCUT2D eigenvalue weighted by Crippen LogP contribution is -2.49. The average Bonchev–Trinajstić information content (AvgIpc) is 3.39. The van der Waals surface area contributed by atoms with E-state index in [4.69, 9.17) is 5.11 Å². The van der Waals surface area contributed by atoms with Crippen molar-refractivity contribution in [2.24, 2.45) is 0 Å². The molecule has 2 heterocycles. The third-order valence-electron chi connectivity index (χ3n) is 11.7. The maximum absolute atomic E-state index is 13.9. The van der Waals surface area contributed by atoms with Crippen LogP contribution in [0.3, 0.4) is 0 Å². The molecule has 0 atom stereocenters. The lowest BCUT2D eigenvalue weighted by Gasteiger charge is -2.27. The zero-order chi connectivity index (χ0) is 57.1. The zero-order valence-electron chi connectivity index (χ0n) is 44.8. The fraction of sp³-hybridized carbons (Fsp3) is 0.479. The van der Waals surface area contributed by atoms with Crippen LogP contribution in [0.2, 0.25) is 0 Å². The minimum Gasteiger partial charge on any atom is -0.481 e. The summed E-state index contributed by atoms with van der Waals surface area (Å²) in [5, 5.41) is 9.98. The lowest BCUT2D eigenvalue weighted by molar-refractivity contribution is -0.146. The van der Waals surface area contributed by atoms with Gasteiger partial charge in [0.1, 0.15) is 0 Å². The molecule has 3 rings (SSSR count). The molecule has 1 N–H and O–H groups in total. The highest BCUT2D eigenvalue weighted by atomic mass is 32.2. The molecule has 2 aromatic heterocycles. The van der Waals surface area contributed by atoms with Crippen LogP contribution < -0.4 is 0 Å². The topological polar surface area (TPSA) is 292 Å². The first-order chi connectivity index (χ1) is 35.6. The minimum atomic E-state index is -1.08. The molecule has 0 saturated heterocycles. The van der Waals surface area contributed by atoms with Crippen molar-refractivity contribution in [1.29, 1.82) is 0 Å². The predicted molar refractivity (Wildman–Crippen MR) is 280 cm³/mol. The van der Waals surface area contributed by atoms with E-state index in [-0.39, 0.29) is 31.6 Å². The van der Waals surface area contributed by atoms with E-state index in [1.165, 1.54) is 104 Å². The number of hydrogen-bond donors (Lipinski definition) is 1. The molecule has 76 heavy (non-hydrogen) atoms. The van der Waals surface area contributed by atoms with Gasteiger partial charge in [-0.1, -0.05) is 23.5 Å². The Balaban J connectivity index is 1.47. The van der Waals surface area contributed by atoms with E-state index in [1.54, 1.807) is 36.9 Å². The molecule has 0 bridgehead atoms. The van der Waals surface area contributed by atoms with Crippen molar-refractivity contribution in [3.63, 3.8) is 0 Å². The number of carbonyl (C=O) groups is 11. The highest BCUT2D eigenvalue weighted by Gasteiger charge is 2.27.